The SMILES string of the molecule is Cc1cccc(N2C(=O)C(=O)C(=C(O)c3ccc(S(=O)(=O)N(C)C)cc3)[C@H]2c2ccc(F)cc2)n1. The predicted molar refractivity (Wildman–Crippen MR) is 127 cm³/mol. The van der Waals surface area contributed by atoms with E-state index in [1.807, 2.05) is 0 Å². The highest BCUT2D eigenvalue weighted by Crippen LogP contribution is 2.41. The highest BCUT2D eigenvalue weighted by Gasteiger charge is 2.47. The van der Waals surface area contributed by atoms with Crippen molar-refractivity contribution in [1.82, 2.24) is 9.29 Å². The van der Waals surface area contributed by atoms with Crippen molar-refractivity contribution in [1.29, 1.82) is 0 Å². The minimum absolute atomic E-state index is 0.00135. The Bertz CT molecular complexity index is 1450. The summed E-state index contributed by atoms with van der Waals surface area (Å²) in [6.07, 6.45) is 0. The molecule has 2 aromatic carbocycles. The van der Waals surface area contributed by atoms with Gasteiger partial charge in [0.15, 0.2) is 0 Å². The number of aliphatic hydroxyl groups excluding tert-OH is 1. The average molecular weight is 496 g/mol. The summed E-state index contributed by atoms with van der Waals surface area (Å²) in [7, 11) is -0.911. The summed E-state index contributed by atoms with van der Waals surface area (Å²) in [6.45, 7) is 1.73. The predicted octanol–water partition coefficient (Wildman–Crippen LogP) is 3.41. The van der Waals surface area contributed by atoms with Gasteiger partial charge in [0.25, 0.3) is 5.78 Å². The summed E-state index contributed by atoms with van der Waals surface area (Å²) in [6, 6.07) is 14.5. The molecule has 35 heavy (non-hydrogen) atoms. The number of ketones is 1. The third kappa shape index (κ3) is 4.33. The second kappa shape index (κ2) is 9.05. The molecule has 1 aliphatic rings. The Labute approximate surface area is 202 Å². The maximum atomic E-state index is 13.6. The minimum atomic E-state index is -3.70. The number of sulfonamides is 1. The van der Waals surface area contributed by atoms with Gasteiger partial charge in [0.1, 0.15) is 17.4 Å². The van der Waals surface area contributed by atoms with Gasteiger partial charge in [0.2, 0.25) is 10.0 Å². The molecular weight excluding hydrogens is 473 g/mol. The van der Waals surface area contributed by atoms with E-state index in [0.29, 0.717) is 11.3 Å². The first-order valence-corrected chi connectivity index (χ1v) is 12.0. The number of rotatable bonds is 5. The van der Waals surface area contributed by atoms with Crippen LogP contribution in [0.5, 0.6) is 0 Å². The first-order chi connectivity index (χ1) is 16.5. The zero-order chi connectivity index (χ0) is 25.5. The molecule has 0 bridgehead atoms. The quantitative estimate of drug-likeness (QED) is 0.330. The molecule has 180 valence electrons. The summed E-state index contributed by atoms with van der Waals surface area (Å²) < 4.78 is 39.4. The van der Waals surface area contributed by atoms with Crippen molar-refractivity contribution in [3.8, 4) is 0 Å². The van der Waals surface area contributed by atoms with Gasteiger partial charge in [0.05, 0.1) is 16.5 Å². The van der Waals surface area contributed by atoms with Crippen molar-refractivity contribution in [2.45, 2.75) is 17.9 Å². The van der Waals surface area contributed by atoms with Crippen molar-refractivity contribution < 1.29 is 27.5 Å². The monoisotopic (exact) mass is 495 g/mol. The van der Waals surface area contributed by atoms with Crippen molar-refractivity contribution in [2.75, 3.05) is 19.0 Å². The Morgan fingerprint density at radius 2 is 1.63 bits per heavy atom. The Kier molecular flexibility index (Phi) is 6.27. The van der Waals surface area contributed by atoms with Gasteiger partial charge in [-0.1, -0.05) is 18.2 Å². The van der Waals surface area contributed by atoms with Crippen LogP contribution >= 0.6 is 0 Å². The van der Waals surface area contributed by atoms with Crippen LogP contribution in [0.25, 0.3) is 5.76 Å². The number of nitrogens with zero attached hydrogens (tertiary/aromatic N) is 3. The Hall–Kier alpha value is -3.89. The number of Topliss-reactive ketones (excluding diaryl/α,β-unsaturated/α-hetero) is 1. The average Bonchev–Trinajstić information content (AvgIpc) is 3.09. The number of aromatic nitrogens is 1. The summed E-state index contributed by atoms with van der Waals surface area (Å²) >= 11 is 0. The Morgan fingerprint density at radius 1 is 1.00 bits per heavy atom. The zero-order valence-electron chi connectivity index (χ0n) is 19.1. The normalized spacial score (nSPS) is 17.9. The largest absolute Gasteiger partial charge is 0.507 e. The Morgan fingerprint density at radius 3 is 2.20 bits per heavy atom. The fraction of sp³-hybridized carbons (Fsp3) is 0.160. The minimum Gasteiger partial charge on any atom is -0.507 e. The van der Waals surface area contributed by atoms with Crippen LogP contribution in [-0.2, 0) is 19.6 Å². The van der Waals surface area contributed by atoms with Gasteiger partial charge in [0, 0.05) is 25.4 Å². The number of aliphatic hydroxyl groups is 1. The number of carbonyl (C=O) groups is 2. The molecule has 0 radical (unpaired) electrons. The molecule has 0 saturated carbocycles. The van der Waals surface area contributed by atoms with Crippen molar-refractivity contribution >= 4 is 33.3 Å². The summed E-state index contributed by atoms with van der Waals surface area (Å²) in [4.78, 5) is 31.8. The van der Waals surface area contributed by atoms with E-state index < -0.39 is 39.3 Å². The molecule has 1 amide bonds. The molecule has 10 heteroatoms. The third-order valence-electron chi connectivity index (χ3n) is 5.66. The van der Waals surface area contributed by atoms with Crippen LogP contribution in [0.4, 0.5) is 10.2 Å². The first-order valence-electron chi connectivity index (χ1n) is 10.6. The van der Waals surface area contributed by atoms with E-state index in [0.717, 1.165) is 4.31 Å². The highest BCUT2D eigenvalue weighted by atomic mass is 32.2. The smallest absolute Gasteiger partial charge is 0.301 e. The lowest BCUT2D eigenvalue weighted by atomic mass is 9.95. The van der Waals surface area contributed by atoms with E-state index in [-0.39, 0.29) is 21.8 Å². The van der Waals surface area contributed by atoms with E-state index >= 15 is 0 Å². The van der Waals surface area contributed by atoms with Gasteiger partial charge < -0.3 is 5.11 Å². The highest BCUT2D eigenvalue weighted by molar-refractivity contribution is 7.89. The standard InChI is InChI=1S/C25H22FN3O5S/c1-15-5-4-6-20(27-15)29-22(16-7-11-18(26)12-8-16)21(24(31)25(29)32)23(30)17-9-13-19(14-10-17)35(33,34)28(2)3/h4-14,22,30H,1-3H3/t22-/m1/s1. The van der Waals surface area contributed by atoms with E-state index in [1.165, 1.54) is 67.5 Å². The van der Waals surface area contributed by atoms with E-state index in [4.69, 9.17) is 0 Å². The molecule has 1 aliphatic heterocycles. The molecule has 4 rings (SSSR count). The number of carbonyl (C=O) groups excluding carboxylic acids is 2. The van der Waals surface area contributed by atoms with Crippen LogP contribution in [0.1, 0.15) is 22.9 Å². The molecule has 8 nitrogen and oxygen atoms in total. The number of hydrogen-bond acceptors (Lipinski definition) is 6. The van der Waals surface area contributed by atoms with Crippen LogP contribution < -0.4 is 4.90 Å². The first kappa shape index (κ1) is 24.2. The number of hydrogen-bond donors (Lipinski definition) is 1. The van der Waals surface area contributed by atoms with Gasteiger partial charge in [-0.15, -0.1) is 0 Å². The van der Waals surface area contributed by atoms with Crippen molar-refractivity contribution in [2.24, 2.45) is 0 Å². The van der Waals surface area contributed by atoms with Crippen molar-refractivity contribution in [3.05, 3.63) is 94.9 Å². The summed E-state index contributed by atoms with van der Waals surface area (Å²) in [5, 5.41) is 11.1. The topological polar surface area (TPSA) is 108 Å². The molecule has 0 aliphatic carbocycles. The van der Waals surface area contributed by atoms with Gasteiger partial charge in [-0.05, 0) is 61.0 Å². The lowest BCUT2D eigenvalue weighted by Gasteiger charge is -2.24. The van der Waals surface area contributed by atoms with E-state index in [1.54, 1.807) is 25.1 Å². The second-order valence-corrected chi connectivity index (χ2v) is 10.3. The van der Waals surface area contributed by atoms with Crippen LogP contribution in [0.3, 0.4) is 0 Å². The van der Waals surface area contributed by atoms with Crippen LogP contribution in [-0.4, -0.2) is 48.6 Å². The number of anilines is 1. The molecule has 1 saturated heterocycles. The molecule has 0 spiro atoms. The van der Waals surface area contributed by atoms with Crippen LogP contribution in [0, 0.1) is 12.7 Å². The molecule has 1 fully saturated rings. The summed E-state index contributed by atoms with van der Waals surface area (Å²) in [5.74, 6) is -2.62. The third-order valence-corrected chi connectivity index (χ3v) is 7.49. The fourth-order valence-electron chi connectivity index (χ4n) is 3.84. The lowest BCUT2D eigenvalue weighted by Crippen LogP contribution is -2.30. The van der Waals surface area contributed by atoms with E-state index in [9.17, 15) is 27.5 Å². The number of benzene rings is 2. The van der Waals surface area contributed by atoms with Gasteiger partial charge in [-0.3, -0.25) is 14.5 Å². The summed E-state index contributed by atoms with van der Waals surface area (Å²) in [5.41, 5.74) is 0.931. The number of aryl methyl sites for hydroxylation is 1. The molecule has 1 aromatic heterocycles. The van der Waals surface area contributed by atoms with Crippen molar-refractivity contribution in [3.63, 3.8) is 0 Å². The van der Waals surface area contributed by atoms with Crippen LogP contribution in [0.2, 0.25) is 0 Å². The zero-order valence-corrected chi connectivity index (χ0v) is 20.0. The van der Waals surface area contributed by atoms with Gasteiger partial charge in [-0.25, -0.2) is 22.1 Å². The maximum absolute atomic E-state index is 13.6. The maximum Gasteiger partial charge on any atom is 0.301 e. The molecular formula is C25H22FN3O5S. The number of halogens is 1. The van der Waals surface area contributed by atoms with Gasteiger partial charge in [-0.2, -0.15) is 0 Å². The molecule has 1 atom stereocenters. The van der Waals surface area contributed by atoms with Gasteiger partial charge >= 0.3 is 5.91 Å². The van der Waals surface area contributed by atoms with E-state index in [2.05, 4.69) is 4.98 Å². The molecule has 0 unspecified atom stereocenters. The number of amides is 1. The molecule has 3 aromatic rings. The molecule has 1 N–H and O–H groups in total. The number of pyridine rings is 1. The second-order valence-electron chi connectivity index (χ2n) is 8.17. The fourth-order valence-corrected chi connectivity index (χ4v) is 4.74. The molecule has 2 heterocycles. The Balaban J connectivity index is 1.89. The van der Waals surface area contributed by atoms with Crippen LogP contribution in [0.15, 0.2) is 77.2 Å². The lowest BCUT2D eigenvalue weighted by molar-refractivity contribution is -0.132.